The van der Waals surface area contributed by atoms with Crippen LogP contribution in [-0.4, -0.2) is 28.1 Å². The SMILES string of the molecule is O=C(/C=C/c1cc(CO)cs1)N[C@H](C(=O)O)C1CC1. The van der Waals surface area contributed by atoms with Crippen LogP contribution in [0.4, 0.5) is 0 Å². The second kappa shape index (κ2) is 5.99. The van der Waals surface area contributed by atoms with Gasteiger partial charge < -0.3 is 15.5 Å². The molecule has 1 amide bonds. The number of aliphatic hydroxyl groups is 1. The van der Waals surface area contributed by atoms with Crippen molar-refractivity contribution >= 4 is 29.3 Å². The summed E-state index contributed by atoms with van der Waals surface area (Å²) in [7, 11) is 0. The first-order chi connectivity index (χ1) is 9.10. The van der Waals surface area contributed by atoms with Gasteiger partial charge in [0.05, 0.1) is 6.61 Å². The zero-order chi connectivity index (χ0) is 13.8. The highest BCUT2D eigenvalue weighted by atomic mass is 32.1. The third-order valence-corrected chi connectivity index (χ3v) is 3.86. The number of rotatable bonds is 6. The van der Waals surface area contributed by atoms with Crippen LogP contribution in [0.3, 0.4) is 0 Å². The second-order valence-electron chi connectivity index (χ2n) is 4.51. The van der Waals surface area contributed by atoms with E-state index in [1.165, 1.54) is 17.4 Å². The minimum atomic E-state index is -0.983. The van der Waals surface area contributed by atoms with E-state index >= 15 is 0 Å². The van der Waals surface area contributed by atoms with Crippen molar-refractivity contribution in [1.29, 1.82) is 0 Å². The average Bonchev–Trinajstić information content (AvgIpc) is 3.11. The Morgan fingerprint density at radius 3 is 2.79 bits per heavy atom. The Kier molecular flexibility index (Phi) is 4.34. The lowest BCUT2D eigenvalue weighted by Gasteiger charge is -2.11. The van der Waals surface area contributed by atoms with Crippen LogP contribution >= 0.6 is 11.3 Å². The third-order valence-electron chi connectivity index (χ3n) is 2.91. The number of carboxylic acid groups (broad SMARTS) is 1. The molecule has 0 aliphatic heterocycles. The van der Waals surface area contributed by atoms with Gasteiger partial charge in [-0.05, 0) is 41.8 Å². The third kappa shape index (κ3) is 3.90. The maximum absolute atomic E-state index is 11.6. The minimum Gasteiger partial charge on any atom is -0.480 e. The molecule has 1 aromatic rings. The summed E-state index contributed by atoms with van der Waals surface area (Å²) in [5.41, 5.74) is 0.798. The van der Waals surface area contributed by atoms with Crippen molar-refractivity contribution in [3.8, 4) is 0 Å². The monoisotopic (exact) mass is 281 g/mol. The number of aliphatic carboxylic acids is 1. The highest BCUT2D eigenvalue weighted by Gasteiger charge is 2.36. The summed E-state index contributed by atoms with van der Waals surface area (Å²) in [4.78, 5) is 23.4. The fourth-order valence-corrected chi connectivity index (χ4v) is 2.53. The quantitative estimate of drug-likeness (QED) is 0.685. The molecule has 0 bridgehead atoms. The Hall–Kier alpha value is -1.66. The first-order valence-corrected chi connectivity index (χ1v) is 6.88. The number of carbonyl (C=O) groups excluding carboxylic acids is 1. The van der Waals surface area contributed by atoms with Gasteiger partial charge >= 0.3 is 5.97 Å². The zero-order valence-corrected chi connectivity index (χ0v) is 11.0. The molecule has 1 aliphatic carbocycles. The summed E-state index contributed by atoms with van der Waals surface area (Å²) < 4.78 is 0. The summed E-state index contributed by atoms with van der Waals surface area (Å²) in [6.45, 7) is -0.0285. The Morgan fingerprint density at radius 1 is 1.53 bits per heavy atom. The number of aliphatic hydroxyl groups excluding tert-OH is 1. The number of carboxylic acids is 1. The molecule has 1 aliphatic rings. The fourth-order valence-electron chi connectivity index (χ4n) is 1.73. The predicted octanol–water partition coefficient (Wildman–Crippen LogP) is 1.23. The maximum Gasteiger partial charge on any atom is 0.326 e. The lowest BCUT2D eigenvalue weighted by Crippen LogP contribution is -2.41. The Labute approximate surface area is 114 Å². The molecule has 1 saturated carbocycles. The van der Waals surface area contributed by atoms with E-state index in [4.69, 9.17) is 10.2 Å². The van der Waals surface area contributed by atoms with Gasteiger partial charge in [0.25, 0.3) is 0 Å². The molecule has 5 nitrogen and oxygen atoms in total. The van der Waals surface area contributed by atoms with E-state index in [1.807, 2.05) is 5.38 Å². The molecule has 1 fully saturated rings. The minimum absolute atomic E-state index is 0.0285. The molecule has 0 radical (unpaired) electrons. The van der Waals surface area contributed by atoms with Gasteiger partial charge in [0.2, 0.25) is 5.91 Å². The smallest absolute Gasteiger partial charge is 0.326 e. The first-order valence-electron chi connectivity index (χ1n) is 6.00. The van der Waals surface area contributed by atoms with Gasteiger partial charge in [0, 0.05) is 11.0 Å². The molecule has 0 unspecified atom stereocenters. The van der Waals surface area contributed by atoms with E-state index in [1.54, 1.807) is 12.1 Å². The molecule has 1 heterocycles. The molecule has 19 heavy (non-hydrogen) atoms. The summed E-state index contributed by atoms with van der Waals surface area (Å²) in [5.74, 6) is -1.32. The van der Waals surface area contributed by atoms with Crippen molar-refractivity contribution in [1.82, 2.24) is 5.32 Å². The number of amides is 1. The highest BCUT2D eigenvalue weighted by molar-refractivity contribution is 7.11. The van der Waals surface area contributed by atoms with Gasteiger partial charge in [0.1, 0.15) is 6.04 Å². The van der Waals surface area contributed by atoms with Crippen LogP contribution < -0.4 is 5.32 Å². The van der Waals surface area contributed by atoms with Crippen LogP contribution in [0.25, 0.3) is 6.08 Å². The zero-order valence-electron chi connectivity index (χ0n) is 10.2. The Morgan fingerprint density at radius 2 is 2.26 bits per heavy atom. The van der Waals surface area contributed by atoms with Crippen LogP contribution in [0.5, 0.6) is 0 Å². The van der Waals surface area contributed by atoms with E-state index in [9.17, 15) is 9.59 Å². The molecule has 3 N–H and O–H groups in total. The van der Waals surface area contributed by atoms with E-state index in [0.717, 1.165) is 23.3 Å². The van der Waals surface area contributed by atoms with Crippen molar-refractivity contribution in [2.45, 2.75) is 25.5 Å². The second-order valence-corrected chi connectivity index (χ2v) is 5.45. The van der Waals surface area contributed by atoms with Crippen molar-refractivity contribution in [2.75, 3.05) is 0 Å². The predicted molar refractivity (Wildman–Crippen MR) is 71.6 cm³/mol. The molecule has 1 aromatic heterocycles. The molecule has 102 valence electrons. The molecule has 0 saturated heterocycles. The molecule has 2 rings (SSSR count). The van der Waals surface area contributed by atoms with Crippen molar-refractivity contribution in [3.05, 3.63) is 28.0 Å². The lowest BCUT2D eigenvalue weighted by atomic mass is 10.2. The van der Waals surface area contributed by atoms with Crippen LogP contribution in [0.1, 0.15) is 23.3 Å². The van der Waals surface area contributed by atoms with E-state index in [-0.39, 0.29) is 12.5 Å². The lowest BCUT2D eigenvalue weighted by molar-refractivity contribution is -0.141. The van der Waals surface area contributed by atoms with Crippen LogP contribution in [-0.2, 0) is 16.2 Å². The molecule has 6 heteroatoms. The largest absolute Gasteiger partial charge is 0.480 e. The van der Waals surface area contributed by atoms with Gasteiger partial charge in [-0.1, -0.05) is 0 Å². The van der Waals surface area contributed by atoms with Crippen LogP contribution in [0.15, 0.2) is 17.5 Å². The highest BCUT2D eigenvalue weighted by Crippen LogP contribution is 2.32. The summed E-state index contributed by atoms with van der Waals surface area (Å²) in [6, 6.07) is 0.998. The molecule has 0 spiro atoms. The van der Waals surface area contributed by atoms with Gasteiger partial charge in [-0.2, -0.15) is 0 Å². The number of thiophene rings is 1. The molecular formula is C13H15NO4S. The number of nitrogens with one attached hydrogen (secondary N) is 1. The van der Waals surface area contributed by atoms with Gasteiger partial charge in [0.15, 0.2) is 0 Å². The number of hydrogen-bond acceptors (Lipinski definition) is 4. The van der Waals surface area contributed by atoms with Gasteiger partial charge in [-0.25, -0.2) is 4.79 Å². The molecule has 1 atom stereocenters. The fraction of sp³-hybridized carbons (Fsp3) is 0.385. The Bertz CT molecular complexity index is 504. The maximum atomic E-state index is 11.6. The average molecular weight is 281 g/mol. The van der Waals surface area contributed by atoms with E-state index < -0.39 is 17.9 Å². The first kappa shape index (κ1) is 13.8. The van der Waals surface area contributed by atoms with Crippen molar-refractivity contribution in [2.24, 2.45) is 5.92 Å². The van der Waals surface area contributed by atoms with Gasteiger partial charge in [-0.3, -0.25) is 4.79 Å². The van der Waals surface area contributed by atoms with Crippen molar-refractivity contribution in [3.63, 3.8) is 0 Å². The number of hydrogen-bond donors (Lipinski definition) is 3. The van der Waals surface area contributed by atoms with E-state index in [0.29, 0.717) is 0 Å². The van der Waals surface area contributed by atoms with Crippen molar-refractivity contribution < 1.29 is 19.8 Å². The summed E-state index contributed by atoms with van der Waals surface area (Å²) in [6.07, 6.45) is 4.65. The molecule has 0 aromatic carbocycles. The normalized spacial score (nSPS) is 16.5. The summed E-state index contributed by atoms with van der Waals surface area (Å²) >= 11 is 1.42. The van der Waals surface area contributed by atoms with Crippen LogP contribution in [0.2, 0.25) is 0 Å². The molecular weight excluding hydrogens is 266 g/mol. The van der Waals surface area contributed by atoms with Gasteiger partial charge in [-0.15, -0.1) is 11.3 Å². The topological polar surface area (TPSA) is 86.6 Å². The Balaban J connectivity index is 1.91. The summed E-state index contributed by atoms with van der Waals surface area (Å²) in [5, 5.41) is 22.2. The standard InChI is InChI=1S/C13H15NO4S/c15-6-8-5-10(19-7-8)3-4-11(16)14-12(13(17)18)9-1-2-9/h3-5,7,9,12,15H,1-2,6H2,(H,14,16)(H,17,18)/b4-3+/t12-/m0/s1. The number of carbonyl (C=O) groups is 2. The van der Waals surface area contributed by atoms with Crippen LogP contribution in [0, 0.1) is 5.92 Å². The van der Waals surface area contributed by atoms with E-state index in [2.05, 4.69) is 5.32 Å².